The molecule has 2 rings (SSSR count). The predicted octanol–water partition coefficient (Wildman–Crippen LogP) is 5.22. The van der Waals surface area contributed by atoms with E-state index in [1.807, 2.05) is 32.0 Å². The van der Waals surface area contributed by atoms with Crippen LogP contribution in [0.4, 0.5) is 4.39 Å². The van der Waals surface area contributed by atoms with Crippen molar-refractivity contribution < 1.29 is 14.2 Å². The van der Waals surface area contributed by atoms with Crippen LogP contribution in [0.5, 0.6) is 11.5 Å². The number of hydrogen-bond donors (Lipinski definition) is 1. The molecule has 2 aromatic carbocycles. The van der Waals surface area contributed by atoms with E-state index in [0.717, 1.165) is 11.1 Å². The maximum Gasteiger partial charge on any atom is 0.144 e. The average Bonchev–Trinajstić information content (AvgIpc) is 2.36. The Kier molecular flexibility index (Phi) is 4.40. The molecule has 0 fully saturated rings. The molecule has 0 amide bonds. The lowest BCUT2D eigenvalue weighted by Gasteiger charge is -2.20. The van der Waals surface area contributed by atoms with Crippen LogP contribution in [-0.4, -0.2) is 5.11 Å². The molecule has 0 aliphatic heterocycles. The maximum atomic E-state index is 14.2. The molecule has 0 saturated heterocycles. The number of hydrogen-bond acceptors (Lipinski definition) is 2. The minimum atomic E-state index is -1.25. The predicted molar refractivity (Wildman–Crippen MR) is 85.3 cm³/mol. The number of para-hydroxylation sites is 1. The van der Waals surface area contributed by atoms with Crippen molar-refractivity contribution in [3.05, 3.63) is 57.3 Å². The molecule has 4 heteroatoms. The van der Waals surface area contributed by atoms with E-state index in [9.17, 15) is 9.50 Å². The maximum absolute atomic E-state index is 14.2. The first-order valence-electron chi connectivity index (χ1n) is 6.66. The molecule has 0 bridgehead atoms. The van der Waals surface area contributed by atoms with Crippen molar-refractivity contribution in [1.82, 2.24) is 0 Å². The molecule has 0 atom stereocenters. The summed E-state index contributed by atoms with van der Waals surface area (Å²) in [7, 11) is 0. The summed E-state index contributed by atoms with van der Waals surface area (Å²) in [4.78, 5) is 0. The van der Waals surface area contributed by atoms with Crippen LogP contribution in [0.3, 0.4) is 0 Å². The van der Waals surface area contributed by atoms with Crippen LogP contribution in [0.1, 0.15) is 30.5 Å². The Morgan fingerprint density at radius 1 is 1.14 bits per heavy atom. The van der Waals surface area contributed by atoms with Gasteiger partial charge in [-0.15, -0.1) is 0 Å². The fourth-order valence-electron chi connectivity index (χ4n) is 2.15. The second-order valence-electron chi connectivity index (χ2n) is 5.64. The highest BCUT2D eigenvalue weighted by Gasteiger charge is 2.23. The third-order valence-electron chi connectivity index (χ3n) is 3.30. The fraction of sp³-hybridized carbons (Fsp3) is 0.294. The van der Waals surface area contributed by atoms with Gasteiger partial charge in [-0.3, -0.25) is 0 Å². The fourth-order valence-corrected chi connectivity index (χ4v) is 2.57. The largest absolute Gasteiger partial charge is 0.456 e. The van der Waals surface area contributed by atoms with Gasteiger partial charge in [0.2, 0.25) is 0 Å². The van der Waals surface area contributed by atoms with Crippen LogP contribution in [-0.2, 0) is 5.60 Å². The normalized spacial score (nSPS) is 11.6. The first kappa shape index (κ1) is 16.0. The Balaban J connectivity index is 2.45. The van der Waals surface area contributed by atoms with Gasteiger partial charge >= 0.3 is 0 Å². The van der Waals surface area contributed by atoms with E-state index in [-0.39, 0.29) is 5.56 Å². The summed E-state index contributed by atoms with van der Waals surface area (Å²) < 4.78 is 20.6. The highest BCUT2D eigenvalue weighted by molar-refractivity contribution is 9.10. The molecule has 112 valence electrons. The van der Waals surface area contributed by atoms with Crippen molar-refractivity contribution in [3.8, 4) is 11.5 Å². The van der Waals surface area contributed by atoms with Crippen molar-refractivity contribution in [2.24, 2.45) is 0 Å². The minimum absolute atomic E-state index is 0.225. The zero-order chi connectivity index (χ0) is 15.8. The van der Waals surface area contributed by atoms with E-state index >= 15 is 0 Å². The zero-order valence-electron chi connectivity index (χ0n) is 12.5. The van der Waals surface area contributed by atoms with Gasteiger partial charge in [0.15, 0.2) is 0 Å². The summed E-state index contributed by atoms with van der Waals surface area (Å²) in [5, 5.41) is 9.96. The van der Waals surface area contributed by atoms with Crippen LogP contribution in [0, 0.1) is 19.7 Å². The highest BCUT2D eigenvalue weighted by atomic mass is 79.9. The van der Waals surface area contributed by atoms with Crippen molar-refractivity contribution in [2.75, 3.05) is 0 Å². The van der Waals surface area contributed by atoms with Gasteiger partial charge in [-0.1, -0.05) is 18.2 Å². The van der Waals surface area contributed by atoms with E-state index in [1.165, 1.54) is 6.07 Å². The number of rotatable bonds is 3. The molecule has 21 heavy (non-hydrogen) atoms. The molecule has 0 radical (unpaired) electrons. The molecule has 1 N–H and O–H groups in total. The molecule has 0 aliphatic rings. The Morgan fingerprint density at radius 2 is 1.71 bits per heavy atom. The first-order valence-corrected chi connectivity index (χ1v) is 7.45. The van der Waals surface area contributed by atoms with Gasteiger partial charge in [-0.05, 0) is 60.8 Å². The van der Waals surface area contributed by atoms with Gasteiger partial charge in [0.25, 0.3) is 0 Å². The van der Waals surface area contributed by atoms with Gasteiger partial charge < -0.3 is 9.84 Å². The monoisotopic (exact) mass is 352 g/mol. The molecule has 2 nitrogen and oxygen atoms in total. The second kappa shape index (κ2) is 5.78. The van der Waals surface area contributed by atoms with Crippen LogP contribution in [0.25, 0.3) is 0 Å². The number of aliphatic hydroxyl groups is 1. The zero-order valence-corrected chi connectivity index (χ0v) is 14.1. The Labute approximate surface area is 132 Å². The van der Waals surface area contributed by atoms with Crippen LogP contribution in [0.2, 0.25) is 0 Å². The average molecular weight is 353 g/mol. The quantitative estimate of drug-likeness (QED) is 0.819. The number of ether oxygens (including phenoxy) is 1. The minimum Gasteiger partial charge on any atom is -0.456 e. The topological polar surface area (TPSA) is 29.5 Å². The number of halogens is 2. The summed E-state index contributed by atoms with van der Waals surface area (Å²) in [6.07, 6.45) is 0. The molecule has 0 aromatic heterocycles. The lowest BCUT2D eigenvalue weighted by Crippen LogP contribution is -2.17. The Hall–Kier alpha value is -1.39. The molecule has 2 aromatic rings. The molecule has 0 aliphatic carbocycles. The third kappa shape index (κ3) is 3.44. The highest BCUT2D eigenvalue weighted by Crippen LogP contribution is 2.37. The van der Waals surface area contributed by atoms with Crippen LogP contribution in [0.15, 0.2) is 34.8 Å². The summed E-state index contributed by atoms with van der Waals surface area (Å²) in [6, 6.07) is 8.68. The van der Waals surface area contributed by atoms with Gasteiger partial charge in [-0.2, -0.15) is 0 Å². The molecular weight excluding hydrogens is 335 g/mol. The summed E-state index contributed by atoms with van der Waals surface area (Å²) in [5.74, 6) is 0.610. The van der Waals surface area contributed by atoms with Crippen molar-refractivity contribution >= 4 is 15.9 Å². The summed E-state index contributed by atoms with van der Waals surface area (Å²) in [6.45, 7) is 6.98. The lowest BCUT2D eigenvalue weighted by molar-refractivity contribution is 0.0744. The summed E-state index contributed by atoms with van der Waals surface area (Å²) in [5.41, 5.74) is 0.940. The number of benzene rings is 2. The lowest BCUT2D eigenvalue weighted by atomic mass is 9.98. The van der Waals surface area contributed by atoms with Gasteiger partial charge in [0.1, 0.15) is 17.3 Å². The Morgan fingerprint density at radius 3 is 2.24 bits per heavy atom. The van der Waals surface area contributed by atoms with Gasteiger partial charge in [0, 0.05) is 11.6 Å². The molecule has 0 unspecified atom stereocenters. The van der Waals surface area contributed by atoms with Crippen LogP contribution < -0.4 is 4.74 Å². The Bertz CT molecular complexity index is 655. The molecule has 0 saturated carbocycles. The van der Waals surface area contributed by atoms with Crippen molar-refractivity contribution in [3.63, 3.8) is 0 Å². The van der Waals surface area contributed by atoms with Crippen molar-refractivity contribution in [2.45, 2.75) is 33.3 Å². The van der Waals surface area contributed by atoms with E-state index in [0.29, 0.717) is 16.0 Å². The standard InChI is InChI=1S/C17H18BrFO2/c1-10-6-5-7-11(2)16(10)21-15-9-14(19)12(8-13(15)18)17(3,4)20/h5-9,20H,1-4H3. The SMILES string of the molecule is Cc1cccc(C)c1Oc1cc(F)c(C(C)(C)O)cc1Br. The van der Waals surface area contributed by atoms with E-state index in [4.69, 9.17) is 4.74 Å². The van der Waals surface area contributed by atoms with Crippen LogP contribution >= 0.6 is 15.9 Å². The van der Waals surface area contributed by atoms with Gasteiger partial charge in [-0.25, -0.2) is 4.39 Å². The van der Waals surface area contributed by atoms with E-state index in [2.05, 4.69) is 15.9 Å². The van der Waals surface area contributed by atoms with Crippen molar-refractivity contribution in [1.29, 1.82) is 0 Å². The van der Waals surface area contributed by atoms with E-state index < -0.39 is 11.4 Å². The first-order chi connectivity index (χ1) is 9.70. The summed E-state index contributed by atoms with van der Waals surface area (Å²) >= 11 is 3.38. The number of aryl methyl sites for hydroxylation is 2. The third-order valence-corrected chi connectivity index (χ3v) is 3.92. The molecule has 0 spiro atoms. The molecular formula is C17H18BrFO2. The molecule has 0 heterocycles. The van der Waals surface area contributed by atoms with Gasteiger partial charge in [0.05, 0.1) is 10.1 Å². The van der Waals surface area contributed by atoms with E-state index in [1.54, 1.807) is 19.9 Å². The smallest absolute Gasteiger partial charge is 0.144 e. The second-order valence-corrected chi connectivity index (χ2v) is 6.50.